The smallest absolute Gasteiger partial charge is 0.164 e. The van der Waals surface area contributed by atoms with Crippen LogP contribution in [0.5, 0.6) is 17.2 Å². The van der Waals surface area contributed by atoms with Gasteiger partial charge in [-0.1, -0.05) is 0 Å². The molecule has 0 aliphatic rings. The van der Waals surface area contributed by atoms with E-state index in [0.717, 1.165) is 0 Å². The molecule has 0 radical (unpaired) electrons. The standard InChI is InChI=1S/C10H15NO3/c1-2-13-10-7-8(14-6-5-11)3-4-9(10)12/h3-4,7,12H,2,5-6,11H2,1H3. The summed E-state index contributed by atoms with van der Waals surface area (Å²) in [6.07, 6.45) is 0. The number of rotatable bonds is 5. The quantitative estimate of drug-likeness (QED) is 0.742. The lowest BCUT2D eigenvalue weighted by molar-refractivity contribution is 0.304. The molecule has 0 unspecified atom stereocenters. The highest BCUT2D eigenvalue weighted by Gasteiger charge is 2.03. The molecule has 4 heteroatoms. The molecule has 0 saturated heterocycles. The predicted octanol–water partition coefficient (Wildman–Crippen LogP) is 1.13. The second kappa shape index (κ2) is 5.34. The van der Waals surface area contributed by atoms with Gasteiger partial charge in [-0.2, -0.15) is 0 Å². The fraction of sp³-hybridized carbons (Fsp3) is 0.400. The van der Waals surface area contributed by atoms with E-state index in [4.69, 9.17) is 15.2 Å². The largest absolute Gasteiger partial charge is 0.504 e. The Kier molecular flexibility index (Phi) is 4.07. The Bertz CT molecular complexity index is 289. The van der Waals surface area contributed by atoms with Crippen LogP contribution in [0, 0.1) is 0 Å². The van der Waals surface area contributed by atoms with Crippen molar-refractivity contribution in [2.75, 3.05) is 19.8 Å². The third kappa shape index (κ3) is 2.81. The third-order valence-electron chi connectivity index (χ3n) is 1.62. The molecule has 14 heavy (non-hydrogen) atoms. The van der Waals surface area contributed by atoms with E-state index < -0.39 is 0 Å². The Labute approximate surface area is 83.3 Å². The number of aromatic hydroxyl groups is 1. The van der Waals surface area contributed by atoms with Gasteiger partial charge >= 0.3 is 0 Å². The van der Waals surface area contributed by atoms with Crippen molar-refractivity contribution < 1.29 is 14.6 Å². The van der Waals surface area contributed by atoms with Crippen LogP contribution < -0.4 is 15.2 Å². The van der Waals surface area contributed by atoms with Crippen molar-refractivity contribution in [3.05, 3.63) is 18.2 Å². The average Bonchev–Trinajstić information content (AvgIpc) is 2.19. The molecular weight excluding hydrogens is 182 g/mol. The normalized spacial score (nSPS) is 9.86. The van der Waals surface area contributed by atoms with Crippen LogP contribution in [0.25, 0.3) is 0 Å². The molecule has 0 aliphatic heterocycles. The Morgan fingerprint density at radius 1 is 1.36 bits per heavy atom. The van der Waals surface area contributed by atoms with Crippen molar-refractivity contribution in [2.24, 2.45) is 5.73 Å². The molecule has 0 aromatic heterocycles. The van der Waals surface area contributed by atoms with Gasteiger partial charge in [-0.3, -0.25) is 0 Å². The van der Waals surface area contributed by atoms with E-state index >= 15 is 0 Å². The Morgan fingerprint density at radius 3 is 2.79 bits per heavy atom. The Hall–Kier alpha value is -1.42. The number of hydrogen-bond donors (Lipinski definition) is 2. The summed E-state index contributed by atoms with van der Waals surface area (Å²) in [5.74, 6) is 1.20. The minimum absolute atomic E-state index is 0.118. The zero-order chi connectivity index (χ0) is 10.4. The molecule has 3 N–H and O–H groups in total. The van der Waals surface area contributed by atoms with Crippen molar-refractivity contribution in [1.29, 1.82) is 0 Å². The van der Waals surface area contributed by atoms with Crippen molar-refractivity contribution in [2.45, 2.75) is 6.92 Å². The number of nitrogens with two attached hydrogens (primary N) is 1. The molecule has 0 amide bonds. The number of ether oxygens (including phenoxy) is 2. The second-order valence-electron chi connectivity index (χ2n) is 2.70. The summed E-state index contributed by atoms with van der Waals surface area (Å²) in [6.45, 7) is 3.28. The van der Waals surface area contributed by atoms with Crippen LogP contribution in [0.4, 0.5) is 0 Å². The minimum Gasteiger partial charge on any atom is -0.504 e. The summed E-state index contributed by atoms with van der Waals surface area (Å²) in [5.41, 5.74) is 5.30. The second-order valence-corrected chi connectivity index (χ2v) is 2.70. The maximum Gasteiger partial charge on any atom is 0.164 e. The third-order valence-corrected chi connectivity index (χ3v) is 1.62. The highest BCUT2D eigenvalue weighted by molar-refractivity contribution is 5.44. The maximum absolute atomic E-state index is 9.39. The number of benzene rings is 1. The van der Waals surface area contributed by atoms with Gasteiger partial charge in [0.1, 0.15) is 12.4 Å². The van der Waals surface area contributed by atoms with Crippen LogP contribution >= 0.6 is 0 Å². The van der Waals surface area contributed by atoms with E-state index in [1.165, 1.54) is 6.07 Å². The molecule has 0 spiro atoms. The minimum atomic E-state index is 0.118. The molecule has 0 saturated carbocycles. The first kappa shape index (κ1) is 10.7. The molecule has 0 fully saturated rings. The first-order chi connectivity index (χ1) is 6.77. The monoisotopic (exact) mass is 197 g/mol. The molecule has 0 heterocycles. The molecule has 0 bridgehead atoms. The highest BCUT2D eigenvalue weighted by atomic mass is 16.5. The van der Waals surface area contributed by atoms with Gasteiger partial charge in [0.2, 0.25) is 0 Å². The molecule has 1 aromatic carbocycles. The maximum atomic E-state index is 9.39. The lowest BCUT2D eigenvalue weighted by atomic mass is 10.3. The van der Waals surface area contributed by atoms with E-state index in [1.807, 2.05) is 6.92 Å². The molecular formula is C10H15NO3. The van der Waals surface area contributed by atoms with Gasteiger partial charge in [-0.05, 0) is 19.1 Å². The lowest BCUT2D eigenvalue weighted by Crippen LogP contribution is -2.10. The van der Waals surface area contributed by atoms with E-state index in [9.17, 15) is 5.11 Å². The summed E-state index contributed by atoms with van der Waals surface area (Å²) < 4.78 is 10.5. The van der Waals surface area contributed by atoms with Crippen molar-refractivity contribution in [1.82, 2.24) is 0 Å². The number of phenolic OH excluding ortho intramolecular Hbond substituents is 1. The average molecular weight is 197 g/mol. The van der Waals surface area contributed by atoms with Gasteiger partial charge < -0.3 is 20.3 Å². The highest BCUT2D eigenvalue weighted by Crippen LogP contribution is 2.30. The molecule has 1 aromatic rings. The van der Waals surface area contributed by atoms with Crippen molar-refractivity contribution >= 4 is 0 Å². The summed E-state index contributed by atoms with van der Waals surface area (Å²) in [7, 11) is 0. The lowest BCUT2D eigenvalue weighted by Gasteiger charge is -2.09. The van der Waals surface area contributed by atoms with Gasteiger partial charge in [0.15, 0.2) is 11.5 Å². The van der Waals surface area contributed by atoms with Gasteiger partial charge in [0.05, 0.1) is 6.61 Å². The van der Waals surface area contributed by atoms with Crippen molar-refractivity contribution in [3.63, 3.8) is 0 Å². The molecule has 0 aliphatic carbocycles. The first-order valence-corrected chi connectivity index (χ1v) is 4.56. The van der Waals surface area contributed by atoms with Crippen LogP contribution in [-0.2, 0) is 0 Å². The van der Waals surface area contributed by atoms with Gasteiger partial charge in [-0.25, -0.2) is 0 Å². The summed E-state index contributed by atoms with van der Waals surface area (Å²) in [6, 6.07) is 4.86. The molecule has 0 atom stereocenters. The van der Waals surface area contributed by atoms with Crippen LogP contribution in [-0.4, -0.2) is 24.9 Å². The van der Waals surface area contributed by atoms with Gasteiger partial charge in [-0.15, -0.1) is 0 Å². The van der Waals surface area contributed by atoms with Crippen LogP contribution in [0.3, 0.4) is 0 Å². The van der Waals surface area contributed by atoms with E-state index in [-0.39, 0.29) is 5.75 Å². The Morgan fingerprint density at radius 2 is 2.14 bits per heavy atom. The van der Waals surface area contributed by atoms with Crippen LogP contribution in [0.1, 0.15) is 6.92 Å². The fourth-order valence-corrected chi connectivity index (χ4v) is 1.03. The van der Waals surface area contributed by atoms with E-state index in [1.54, 1.807) is 12.1 Å². The summed E-state index contributed by atoms with van der Waals surface area (Å²) in [4.78, 5) is 0. The van der Waals surface area contributed by atoms with E-state index in [2.05, 4.69) is 0 Å². The van der Waals surface area contributed by atoms with Gasteiger partial charge in [0, 0.05) is 12.6 Å². The van der Waals surface area contributed by atoms with E-state index in [0.29, 0.717) is 31.3 Å². The van der Waals surface area contributed by atoms with Gasteiger partial charge in [0.25, 0.3) is 0 Å². The predicted molar refractivity (Wildman–Crippen MR) is 53.8 cm³/mol. The van der Waals surface area contributed by atoms with Crippen LogP contribution in [0.15, 0.2) is 18.2 Å². The van der Waals surface area contributed by atoms with Crippen LogP contribution in [0.2, 0.25) is 0 Å². The first-order valence-electron chi connectivity index (χ1n) is 4.56. The SMILES string of the molecule is CCOc1cc(OCCN)ccc1O. The molecule has 1 rings (SSSR count). The fourth-order valence-electron chi connectivity index (χ4n) is 1.03. The summed E-state index contributed by atoms with van der Waals surface area (Å²) in [5, 5.41) is 9.39. The van der Waals surface area contributed by atoms with Crippen molar-refractivity contribution in [3.8, 4) is 17.2 Å². The Balaban J connectivity index is 2.72. The zero-order valence-electron chi connectivity index (χ0n) is 8.19. The zero-order valence-corrected chi connectivity index (χ0v) is 8.19. The topological polar surface area (TPSA) is 64.7 Å². The molecule has 78 valence electrons. The number of hydrogen-bond acceptors (Lipinski definition) is 4. The number of phenols is 1. The molecule has 4 nitrogen and oxygen atoms in total. The summed E-state index contributed by atoms with van der Waals surface area (Å²) >= 11 is 0.